The van der Waals surface area contributed by atoms with Crippen LogP contribution in [0.5, 0.6) is 0 Å². The van der Waals surface area contributed by atoms with E-state index in [1.165, 1.54) is 18.2 Å². The number of aromatic carboxylic acids is 1. The summed E-state index contributed by atoms with van der Waals surface area (Å²) < 4.78 is 7.31. The molecular weight excluding hydrogens is 464 g/mol. The first-order valence-corrected chi connectivity index (χ1v) is 12.1. The second-order valence-electron chi connectivity index (χ2n) is 10.2. The molecule has 190 valence electrons. The maximum Gasteiger partial charge on any atom is 0.338 e. The molecule has 0 amide bonds. The SMILES string of the molecule is C=CCOC(=O)c1ccc(C(=O)O)c(C2=C3C=CC(=[N+](C)C)C=C3C(C)(C)c3cc(N(C)C)ccc32)c1. The molecule has 37 heavy (non-hydrogen) atoms. The summed E-state index contributed by atoms with van der Waals surface area (Å²) in [5.74, 6) is -1.59. The van der Waals surface area contributed by atoms with Crippen molar-refractivity contribution in [3.05, 3.63) is 106 Å². The topological polar surface area (TPSA) is 69.9 Å². The van der Waals surface area contributed by atoms with E-state index in [2.05, 4.69) is 54.2 Å². The lowest BCUT2D eigenvalue weighted by molar-refractivity contribution is -0.462. The van der Waals surface area contributed by atoms with E-state index in [1.807, 2.05) is 40.3 Å². The second-order valence-corrected chi connectivity index (χ2v) is 10.2. The van der Waals surface area contributed by atoms with Crippen molar-refractivity contribution in [2.24, 2.45) is 0 Å². The quantitative estimate of drug-likeness (QED) is 0.342. The Labute approximate surface area is 218 Å². The summed E-state index contributed by atoms with van der Waals surface area (Å²) in [5.41, 5.74) is 7.51. The van der Waals surface area contributed by atoms with E-state index in [1.54, 1.807) is 6.07 Å². The van der Waals surface area contributed by atoms with Gasteiger partial charge in [0.2, 0.25) is 0 Å². The maximum absolute atomic E-state index is 12.7. The molecule has 6 heteroatoms. The average molecular weight is 498 g/mol. The van der Waals surface area contributed by atoms with Crippen LogP contribution in [-0.4, -0.2) is 62.1 Å². The molecule has 2 aromatic rings. The van der Waals surface area contributed by atoms with E-state index >= 15 is 0 Å². The van der Waals surface area contributed by atoms with Crippen LogP contribution in [0.4, 0.5) is 5.69 Å². The van der Waals surface area contributed by atoms with Gasteiger partial charge in [-0.3, -0.25) is 0 Å². The van der Waals surface area contributed by atoms with Crippen LogP contribution in [0, 0.1) is 0 Å². The Kier molecular flexibility index (Phi) is 6.78. The van der Waals surface area contributed by atoms with Gasteiger partial charge in [0, 0.05) is 37.3 Å². The van der Waals surface area contributed by atoms with Crippen LogP contribution in [0.2, 0.25) is 0 Å². The Bertz CT molecular complexity index is 1450. The van der Waals surface area contributed by atoms with Crippen molar-refractivity contribution in [3.63, 3.8) is 0 Å². The molecular formula is C31H33N2O4+. The van der Waals surface area contributed by atoms with Gasteiger partial charge in [-0.1, -0.05) is 32.6 Å². The van der Waals surface area contributed by atoms with Gasteiger partial charge in [-0.25, -0.2) is 14.2 Å². The number of benzene rings is 2. The summed E-state index contributed by atoms with van der Waals surface area (Å²) in [6.07, 6.45) is 7.76. The van der Waals surface area contributed by atoms with Crippen LogP contribution in [0.3, 0.4) is 0 Å². The number of nitrogens with zero attached hydrogens (tertiary/aromatic N) is 2. The number of carbonyl (C=O) groups is 2. The average Bonchev–Trinajstić information content (AvgIpc) is 2.86. The van der Waals surface area contributed by atoms with E-state index in [4.69, 9.17) is 4.74 Å². The second kappa shape index (κ2) is 9.69. The Balaban J connectivity index is 2.10. The molecule has 0 aromatic heterocycles. The van der Waals surface area contributed by atoms with Gasteiger partial charge in [-0.15, -0.1) is 0 Å². The van der Waals surface area contributed by atoms with Gasteiger partial charge in [-0.05, 0) is 69.8 Å². The number of hydrogen-bond acceptors (Lipinski definition) is 4. The fraction of sp³-hybridized carbons (Fsp3) is 0.258. The van der Waals surface area contributed by atoms with Crippen LogP contribution in [0.25, 0.3) is 5.57 Å². The predicted octanol–water partition coefficient (Wildman–Crippen LogP) is 5.10. The highest BCUT2D eigenvalue weighted by Crippen LogP contribution is 2.51. The van der Waals surface area contributed by atoms with Crippen LogP contribution in [0.15, 0.2) is 78.4 Å². The fourth-order valence-electron chi connectivity index (χ4n) is 4.95. The van der Waals surface area contributed by atoms with Gasteiger partial charge < -0.3 is 14.7 Å². The standard InChI is InChI=1S/C31H32N2O4/c1-8-15-37-30(36)19-9-12-22(29(34)35)25(16-19)28-23-13-10-20(32(4)5)17-26(23)31(2,3)27-18-21(33(6)7)11-14-24(27)28/h8-14,16-18H,1,15H2,2-7H3/p+1. The van der Waals surface area contributed by atoms with Crippen molar-refractivity contribution < 1.29 is 24.0 Å². The highest BCUT2D eigenvalue weighted by atomic mass is 16.5. The molecule has 0 heterocycles. The molecule has 6 nitrogen and oxygen atoms in total. The third-order valence-corrected chi connectivity index (χ3v) is 7.01. The normalized spacial score (nSPS) is 15.4. The summed E-state index contributed by atoms with van der Waals surface area (Å²) in [4.78, 5) is 27.2. The minimum Gasteiger partial charge on any atom is -0.478 e. The van der Waals surface area contributed by atoms with E-state index in [-0.39, 0.29) is 23.1 Å². The van der Waals surface area contributed by atoms with Crippen molar-refractivity contribution >= 4 is 28.9 Å². The van der Waals surface area contributed by atoms with Crippen molar-refractivity contribution in [1.29, 1.82) is 0 Å². The van der Waals surface area contributed by atoms with E-state index < -0.39 is 11.9 Å². The number of esters is 1. The number of carboxylic acid groups (broad SMARTS) is 1. The minimum atomic E-state index is -1.06. The molecule has 2 aromatic carbocycles. The molecule has 4 rings (SSSR count). The number of ether oxygens (including phenoxy) is 1. The molecule has 1 N–H and O–H groups in total. The van der Waals surface area contributed by atoms with Crippen LogP contribution >= 0.6 is 0 Å². The third-order valence-electron chi connectivity index (χ3n) is 7.01. The van der Waals surface area contributed by atoms with Gasteiger partial charge in [0.25, 0.3) is 0 Å². The molecule has 0 atom stereocenters. The van der Waals surface area contributed by atoms with Crippen molar-refractivity contribution in [2.75, 3.05) is 39.7 Å². The number of carboxylic acids is 1. The lowest BCUT2D eigenvalue weighted by Crippen LogP contribution is -2.31. The lowest BCUT2D eigenvalue weighted by atomic mass is 9.64. The summed E-state index contributed by atoms with van der Waals surface area (Å²) in [7, 11) is 8.00. The predicted molar refractivity (Wildman–Crippen MR) is 148 cm³/mol. The first-order valence-electron chi connectivity index (χ1n) is 12.1. The smallest absolute Gasteiger partial charge is 0.338 e. The number of fused-ring (bicyclic) bond motifs is 2. The van der Waals surface area contributed by atoms with Crippen molar-refractivity contribution in [3.8, 4) is 0 Å². The lowest BCUT2D eigenvalue weighted by Gasteiger charge is -2.39. The maximum atomic E-state index is 12.7. The highest BCUT2D eigenvalue weighted by molar-refractivity contribution is 6.08. The largest absolute Gasteiger partial charge is 0.478 e. The van der Waals surface area contributed by atoms with Crippen molar-refractivity contribution in [1.82, 2.24) is 0 Å². The molecule has 0 bridgehead atoms. The monoisotopic (exact) mass is 497 g/mol. The first kappa shape index (κ1) is 25.9. The summed E-state index contributed by atoms with van der Waals surface area (Å²) in [5, 5.41) is 10.1. The molecule has 0 saturated carbocycles. The van der Waals surface area contributed by atoms with Crippen LogP contribution in [0.1, 0.15) is 51.3 Å². The summed E-state index contributed by atoms with van der Waals surface area (Å²) in [6, 6.07) is 10.9. The molecule has 0 aliphatic heterocycles. The van der Waals surface area contributed by atoms with Gasteiger partial charge >= 0.3 is 11.9 Å². The zero-order chi connectivity index (χ0) is 27.1. The van der Waals surface area contributed by atoms with Gasteiger partial charge in [-0.2, -0.15) is 0 Å². The molecule has 0 unspecified atom stereocenters. The summed E-state index contributed by atoms with van der Waals surface area (Å²) >= 11 is 0. The van der Waals surface area contributed by atoms with Crippen molar-refractivity contribution in [2.45, 2.75) is 19.3 Å². The third kappa shape index (κ3) is 4.55. The van der Waals surface area contributed by atoms with E-state index in [0.717, 1.165) is 39.2 Å². The van der Waals surface area contributed by atoms with E-state index in [0.29, 0.717) is 5.56 Å². The minimum absolute atomic E-state index is 0.0753. The Morgan fingerprint density at radius 1 is 1.08 bits per heavy atom. The Hall–Kier alpha value is -4.19. The Morgan fingerprint density at radius 3 is 2.43 bits per heavy atom. The number of anilines is 1. The molecule has 0 saturated heterocycles. The number of allylic oxidation sites excluding steroid dienone is 5. The zero-order valence-corrected chi connectivity index (χ0v) is 22.3. The van der Waals surface area contributed by atoms with Crippen LogP contribution in [-0.2, 0) is 10.2 Å². The molecule has 2 aliphatic rings. The van der Waals surface area contributed by atoms with E-state index in [9.17, 15) is 14.7 Å². The van der Waals surface area contributed by atoms with Gasteiger partial charge in [0.15, 0.2) is 5.71 Å². The van der Waals surface area contributed by atoms with Crippen LogP contribution < -0.4 is 4.90 Å². The molecule has 0 spiro atoms. The molecule has 0 radical (unpaired) electrons. The zero-order valence-electron chi connectivity index (χ0n) is 22.3. The van der Waals surface area contributed by atoms with Gasteiger partial charge in [0.1, 0.15) is 20.7 Å². The first-order chi connectivity index (χ1) is 17.5. The molecule has 0 fully saturated rings. The fourth-order valence-corrected chi connectivity index (χ4v) is 4.95. The highest BCUT2D eigenvalue weighted by Gasteiger charge is 2.39. The van der Waals surface area contributed by atoms with Gasteiger partial charge in [0.05, 0.1) is 11.1 Å². The molecule has 2 aliphatic carbocycles. The number of hydrogen-bond donors (Lipinski definition) is 1. The number of rotatable bonds is 6. The summed E-state index contributed by atoms with van der Waals surface area (Å²) in [6.45, 7) is 8.06. The Morgan fingerprint density at radius 2 is 1.81 bits per heavy atom. The number of carbonyl (C=O) groups excluding carboxylic acids is 1.